The zero-order valence-corrected chi connectivity index (χ0v) is 61.5. The highest BCUT2D eigenvalue weighted by atomic mass is 31.2. The highest BCUT2D eigenvalue weighted by Crippen LogP contribution is 2.45. The van der Waals surface area contributed by atoms with Crippen LogP contribution >= 0.6 is 15.6 Å². The van der Waals surface area contributed by atoms with Crippen LogP contribution in [0.4, 0.5) is 0 Å². The van der Waals surface area contributed by atoms with Crippen LogP contribution < -0.4 is 0 Å². The average molecular weight is 1350 g/mol. The summed E-state index contributed by atoms with van der Waals surface area (Å²) in [5.41, 5.74) is 0. The Bertz CT molecular complexity index is 1770. The zero-order valence-electron chi connectivity index (χ0n) is 59.7. The summed E-state index contributed by atoms with van der Waals surface area (Å²) in [6, 6.07) is 0. The van der Waals surface area contributed by atoms with Crippen molar-refractivity contribution < 1.29 is 80.2 Å². The maximum absolute atomic E-state index is 13.1. The first-order valence-electron chi connectivity index (χ1n) is 38.1. The predicted octanol–water partition coefficient (Wildman–Crippen LogP) is 21.3. The van der Waals surface area contributed by atoms with E-state index >= 15 is 0 Å². The Morgan fingerprint density at radius 1 is 0.293 bits per heavy atom. The van der Waals surface area contributed by atoms with E-state index in [0.717, 1.165) is 95.8 Å². The van der Waals surface area contributed by atoms with Gasteiger partial charge in [0.25, 0.3) is 0 Å². The Kier molecular flexibility index (Phi) is 64.9. The summed E-state index contributed by atoms with van der Waals surface area (Å²) in [5, 5.41) is 10.6. The third kappa shape index (κ3) is 66.7. The number of phosphoric ester groups is 2. The van der Waals surface area contributed by atoms with Crippen molar-refractivity contribution in [2.75, 3.05) is 39.6 Å². The molecule has 0 spiro atoms. The zero-order chi connectivity index (χ0) is 67.7. The van der Waals surface area contributed by atoms with Gasteiger partial charge in [-0.05, 0) is 31.6 Å². The van der Waals surface area contributed by atoms with Crippen molar-refractivity contribution in [1.82, 2.24) is 0 Å². The number of carbonyl (C=O) groups excluding carboxylic acids is 4. The summed E-state index contributed by atoms with van der Waals surface area (Å²) in [7, 11) is -9.90. The topological polar surface area (TPSA) is 237 Å². The molecule has 0 aliphatic heterocycles. The minimum Gasteiger partial charge on any atom is -0.462 e. The minimum absolute atomic E-state index is 0.105. The van der Waals surface area contributed by atoms with E-state index in [9.17, 15) is 43.2 Å². The van der Waals surface area contributed by atoms with Gasteiger partial charge in [-0.2, -0.15) is 0 Å². The molecule has 2 unspecified atom stereocenters. The lowest BCUT2D eigenvalue weighted by atomic mass is 10.0. The second kappa shape index (κ2) is 66.3. The van der Waals surface area contributed by atoms with E-state index in [0.29, 0.717) is 25.7 Å². The SMILES string of the molecule is CCCCCCCCCCCCCCCCCCCCC(=O)O[C@H](COC(=O)CCCCCCCCCCCCCC)COP(=O)(O)OC[C@@H](O)COP(=O)(O)OC[C@@H](COC(=O)CCCCCCCCCCCCC)OC(=O)CCCCCCCCCCC(C)C. The molecule has 0 saturated carbocycles. The molecule has 0 bridgehead atoms. The van der Waals surface area contributed by atoms with Gasteiger partial charge in [0.15, 0.2) is 12.2 Å². The second-order valence-corrected chi connectivity index (χ2v) is 29.7. The molecule has 0 aliphatic rings. The first-order valence-corrected chi connectivity index (χ1v) is 41.1. The molecule has 0 aromatic carbocycles. The molecule has 92 heavy (non-hydrogen) atoms. The van der Waals surface area contributed by atoms with Crippen LogP contribution in [0.15, 0.2) is 0 Å². The monoisotopic (exact) mass is 1350 g/mol. The lowest BCUT2D eigenvalue weighted by molar-refractivity contribution is -0.161. The van der Waals surface area contributed by atoms with Gasteiger partial charge in [0.2, 0.25) is 0 Å². The number of carbonyl (C=O) groups is 4. The summed E-state index contributed by atoms with van der Waals surface area (Å²) >= 11 is 0. The van der Waals surface area contributed by atoms with E-state index in [1.807, 2.05) is 0 Å². The fourth-order valence-corrected chi connectivity index (χ4v) is 12.8. The quantitative estimate of drug-likeness (QED) is 0.0222. The maximum atomic E-state index is 13.1. The van der Waals surface area contributed by atoms with Crippen LogP contribution in [0.1, 0.15) is 381 Å². The molecule has 5 atom stereocenters. The van der Waals surface area contributed by atoms with E-state index < -0.39 is 97.5 Å². The Labute approximate surface area is 562 Å². The molecule has 3 N–H and O–H groups in total. The smallest absolute Gasteiger partial charge is 0.462 e. The number of aliphatic hydroxyl groups excluding tert-OH is 1. The van der Waals surface area contributed by atoms with Crippen LogP contribution in [-0.2, 0) is 65.4 Å². The van der Waals surface area contributed by atoms with Crippen LogP contribution in [0, 0.1) is 5.92 Å². The van der Waals surface area contributed by atoms with Gasteiger partial charge in [-0.1, -0.05) is 330 Å². The summed E-state index contributed by atoms with van der Waals surface area (Å²) in [6.45, 7) is 7.23. The van der Waals surface area contributed by atoms with Gasteiger partial charge < -0.3 is 33.8 Å². The third-order valence-corrected chi connectivity index (χ3v) is 18.9. The molecule has 0 rings (SSSR count). The van der Waals surface area contributed by atoms with Crippen molar-refractivity contribution in [3.8, 4) is 0 Å². The van der Waals surface area contributed by atoms with Crippen LogP contribution in [0.2, 0.25) is 0 Å². The Morgan fingerprint density at radius 3 is 0.739 bits per heavy atom. The van der Waals surface area contributed by atoms with Crippen LogP contribution in [0.25, 0.3) is 0 Å². The molecule has 0 radical (unpaired) electrons. The summed E-state index contributed by atoms with van der Waals surface area (Å²) in [6.07, 6.45) is 54.1. The molecule has 0 saturated heterocycles. The molecule has 0 heterocycles. The number of ether oxygens (including phenoxy) is 4. The fourth-order valence-electron chi connectivity index (χ4n) is 11.2. The Hall–Kier alpha value is -1.94. The van der Waals surface area contributed by atoms with Gasteiger partial charge in [-0.15, -0.1) is 0 Å². The summed E-state index contributed by atoms with van der Waals surface area (Å²) < 4.78 is 68.4. The summed E-state index contributed by atoms with van der Waals surface area (Å²) in [4.78, 5) is 72.6. The summed E-state index contributed by atoms with van der Waals surface area (Å²) in [5.74, 6) is -1.40. The normalized spacial score (nSPS) is 14.0. The van der Waals surface area contributed by atoms with Gasteiger partial charge in [0.05, 0.1) is 26.4 Å². The van der Waals surface area contributed by atoms with Crippen molar-refractivity contribution in [2.24, 2.45) is 5.92 Å². The number of phosphoric acid groups is 2. The number of hydrogen-bond acceptors (Lipinski definition) is 15. The second-order valence-electron chi connectivity index (χ2n) is 26.8. The van der Waals surface area contributed by atoms with Crippen molar-refractivity contribution >= 4 is 39.5 Å². The molecule has 17 nitrogen and oxygen atoms in total. The number of rotatable bonds is 73. The minimum atomic E-state index is -4.95. The molecular weight excluding hydrogens is 1210 g/mol. The van der Waals surface area contributed by atoms with Crippen molar-refractivity contribution in [3.05, 3.63) is 0 Å². The highest BCUT2D eigenvalue weighted by molar-refractivity contribution is 7.47. The number of aliphatic hydroxyl groups is 1. The van der Waals surface area contributed by atoms with Crippen LogP contribution in [0.5, 0.6) is 0 Å². The van der Waals surface area contributed by atoms with Gasteiger partial charge in [-0.25, -0.2) is 9.13 Å². The molecule has 546 valence electrons. The largest absolute Gasteiger partial charge is 0.472 e. The Balaban J connectivity index is 5.22. The third-order valence-electron chi connectivity index (χ3n) is 17.0. The molecule has 0 aromatic rings. The number of esters is 4. The Morgan fingerprint density at radius 2 is 0.500 bits per heavy atom. The van der Waals surface area contributed by atoms with E-state index in [1.54, 1.807) is 0 Å². The van der Waals surface area contributed by atoms with Gasteiger partial charge >= 0.3 is 39.5 Å². The molecule has 0 fully saturated rings. The lowest BCUT2D eigenvalue weighted by Crippen LogP contribution is -2.30. The number of unbranched alkanes of at least 4 members (excludes halogenated alkanes) is 45. The van der Waals surface area contributed by atoms with Crippen molar-refractivity contribution in [3.63, 3.8) is 0 Å². The van der Waals surface area contributed by atoms with Crippen LogP contribution in [0.3, 0.4) is 0 Å². The first-order chi connectivity index (χ1) is 44.5. The van der Waals surface area contributed by atoms with Crippen molar-refractivity contribution in [2.45, 2.75) is 400 Å². The number of hydrogen-bond donors (Lipinski definition) is 3. The lowest BCUT2D eigenvalue weighted by Gasteiger charge is -2.21. The van der Waals surface area contributed by atoms with Gasteiger partial charge in [0, 0.05) is 25.7 Å². The fraction of sp³-hybridized carbons (Fsp3) is 0.945. The predicted molar refractivity (Wildman–Crippen MR) is 372 cm³/mol. The molecule has 19 heteroatoms. The molecule has 0 amide bonds. The van der Waals surface area contributed by atoms with E-state index in [-0.39, 0.29) is 25.7 Å². The maximum Gasteiger partial charge on any atom is 0.472 e. The molecular formula is C73H142O17P2. The van der Waals surface area contributed by atoms with Gasteiger partial charge in [0.1, 0.15) is 19.3 Å². The average Bonchev–Trinajstić information content (AvgIpc) is 1.54. The standard InChI is InChI=1S/C73H142O17P2/c1-6-9-12-15-18-21-24-26-27-28-29-30-31-34-37-43-48-53-58-72(77)89-68(62-84-71(76)57-52-47-42-36-33-25-22-19-16-13-10-7-2)64-87-91(79,80)85-60-67(74)61-86-92(81,82)88-65-69(90-73(78)59-54-49-44-39-38-40-45-50-55-66(4)5)63-83-70(75)56-51-46-41-35-32-23-20-17-14-11-8-3/h66-69,74H,6-65H2,1-5H3,(H,79,80)(H,81,82)/t67-,68-,69-/m1/s1. The first kappa shape index (κ1) is 90.1. The molecule has 0 aliphatic carbocycles. The highest BCUT2D eigenvalue weighted by Gasteiger charge is 2.30. The van der Waals surface area contributed by atoms with Crippen molar-refractivity contribution in [1.29, 1.82) is 0 Å². The van der Waals surface area contributed by atoms with E-state index in [1.165, 1.54) is 205 Å². The van der Waals surface area contributed by atoms with E-state index in [4.69, 9.17) is 37.0 Å². The van der Waals surface area contributed by atoms with E-state index in [2.05, 4.69) is 34.6 Å². The van der Waals surface area contributed by atoms with Gasteiger partial charge in [-0.3, -0.25) is 37.3 Å². The molecule has 0 aromatic heterocycles. The van der Waals surface area contributed by atoms with Crippen LogP contribution in [-0.4, -0.2) is 96.7 Å².